The third-order valence-corrected chi connectivity index (χ3v) is 5.30. The van der Waals surface area contributed by atoms with Gasteiger partial charge in [0.1, 0.15) is 11.8 Å². The molecule has 0 bridgehead atoms. The summed E-state index contributed by atoms with van der Waals surface area (Å²) in [5.41, 5.74) is 3.37. The second-order valence-electron chi connectivity index (χ2n) is 7.37. The summed E-state index contributed by atoms with van der Waals surface area (Å²) in [6.07, 6.45) is 0. The van der Waals surface area contributed by atoms with Crippen LogP contribution in [-0.4, -0.2) is 55.2 Å². The number of hydrogen-bond donors (Lipinski definition) is 1. The number of nitrogens with one attached hydrogen (secondary N) is 1. The highest BCUT2D eigenvalue weighted by Crippen LogP contribution is 2.31. The summed E-state index contributed by atoms with van der Waals surface area (Å²) in [6, 6.07) is 16.9. The lowest BCUT2D eigenvalue weighted by atomic mass is 10.00. The lowest BCUT2D eigenvalue weighted by molar-refractivity contribution is 0.0383. The molecule has 4 rings (SSSR count). The fourth-order valence-corrected chi connectivity index (χ4v) is 3.69. The van der Waals surface area contributed by atoms with E-state index in [4.69, 9.17) is 14.4 Å². The lowest BCUT2D eigenvalue weighted by Gasteiger charge is -2.26. The maximum atomic E-state index is 13.1. The average Bonchev–Trinajstić information content (AvgIpc) is 3.29. The molecule has 0 atom stereocenters. The normalized spacial score (nSPS) is 14.2. The number of pyridine rings is 1. The van der Waals surface area contributed by atoms with Crippen molar-refractivity contribution in [2.75, 3.05) is 39.4 Å². The third-order valence-electron chi connectivity index (χ3n) is 5.30. The first-order chi connectivity index (χ1) is 15.2. The van der Waals surface area contributed by atoms with Crippen molar-refractivity contribution in [3.05, 3.63) is 65.5 Å². The first-order valence-corrected chi connectivity index (χ1v) is 10.3. The zero-order valence-corrected chi connectivity index (χ0v) is 17.4. The molecular formula is C24H24N4O3. The molecule has 3 heterocycles. The van der Waals surface area contributed by atoms with Crippen LogP contribution in [0.3, 0.4) is 0 Å². The predicted molar refractivity (Wildman–Crippen MR) is 116 cm³/mol. The minimum absolute atomic E-state index is 0.199. The van der Waals surface area contributed by atoms with Crippen LogP contribution in [0, 0.1) is 18.3 Å². The molecule has 1 aliphatic heterocycles. The molecule has 0 aliphatic carbocycles. The van der Waals surface area contributed by atoms with Gasteiger partial charge in [-0.25, -0.2) is 0 Å². The summed E-state index contributed by atoms with van der Waals surface area (Å²) in [4.78, 5) is 20.1. The minimum atomic E-state index is -0.206. The van der Waals surface area contributed by atoms with Crippen LogP contribution < -0.4 is 5.32 Å². The monoisotopic (exact) mass is 416 g/mol. The van der Waals surface area contributed by atoms with E-state index in [1.807, 2.05) is 49.4 Å². The molecule has 0 saturated carbocycles. The van der Waals surface area contributed by atoms with Gasteiger partial charge in [0, 0.05) is 37.3 Å². The van der Waals surface area contributed by atoms with E-state index in [9.17, 15) is 4.79 Å². The Morgan fingerprint density at radius 2 is 1.97 bits per heavy atom. The Morgan fingerprint density at radius 3 is 2.68 bits per heavy atom. The number of furan rings is 1. The zero-order chi connectivity index (χ0) is 21.6. The van der Waals surface area contributed by atoms with Crippen molar-refractivity contribution in [1.82, 2.24) is 15.2 Å². The highest BCUT2D eigenvalue weighted by Gasteiger charge is 2.21. The molecule has 7 heteroatoms. The summed E-state index contributed by atoms with van der Waals surface area (Å²) >= 11 is 0. The van der Waals surface area contributed by atoms with Crippen molar-refractivity contribution in [2.45, 2.75) is 6.92 Å². The summed E-state index contributed by atoms with van der Waals surface area (Å²) in [5.74, 6) is 0.463. The predicted octanol–water partition coefficient (Wildman–Crippen LogP) is 3.25. The molecule has 2 aromatic heterocycles. The Hall–Kier alpha value is -3.47. The van der Waals surface area contributed by atoms with E-state index in [2.05, 4.69) is 15.2 Å². The molecular weight excluding hydrogens is 392 g/mol. The van der Waals surface area contributed by atoms with Gasteiger partial charge in [-0.05, 0) is 25.1 Å². The number of hydrogen-bond acceptors (Lipinski definition) is 6. The van der Waals surface area contributed by atoms with Gasteiger partial charge in [0.25, 0.3) is 5.91 Å². The van der Waals surface area contributed by atoms with E-state index >= 15 is 0 Å². The first kappa shape index (κ1) is 20.8. The van der Waals surface area contributed by atoms with Gasteiger partial charge >= 0.3 is 0 Å². The summed E-state index contributed by atoms with van der Waals surface area (Å²) in [7, 11) is 0. The van der Waals surface area contributed by atoms with Gasteiger partial charge in [0.05, 0.1) is 30.2 Å². The summed E-state index contributed by atoms with van der Waals surface area (Å²) < 4.78 is 11.0. The standard InChI is InChI=1S/C24H24N4O3/c1-17-23(24(29)26-9-10-28-11-13-30-14-12-28)20(22-8-7-19(16-25)31-22)15-21(27-17)18-5-3-2-4-6-18/h2-8,15H,9-14H2,1H3,(H,26,29). The van der Waals surface area contributed by atoms with Crippen LogP contribution in [0.2, 0.25) is 0 Å². The van der Waals surface area contributed by atoms with Gasteiger partial charge in [0.2, 0.25) is 5.76 Å². The highest BCUT2D eigenvalue weighted by molar-refractivity contribution is 6.02. The van der Waals surface area contributed by atoms with Crippen LogP contribution in [-0.2, 0) is 4.74 Å². The van der Waals surface area contributed by atoms with E-state index in [0.29, 0.717) is 29.1 Å². The van der Waals surface area contributed by atoms with Crippen molar-refractivity contribution in [2.24, 2.45) is 0 Å². The largest absolute Gasteiger partial charge is 0.446 e. The maximum absolute atomic E-state index is 13.1. The number of nitriles is 1. The van der Waals surface area contributed by atoms with Gasteiger partial charge in [0.15, 0.2) is 0 Å². The number of benzene rings is 1. The van der Waals surface area contributed by atoms with Crippen LogP contribution in [0.5, 0.6) is 0 Å². The van der Waals surface area contributed by atoms with Crippen LogP contribution in [0.4, 0.5) is 0 Å². The first-order valence-electron chi connectivity index (χ1n) is 10.3. The van der Waals surface area contributed by atoms with Gasteiger partial charge in [-0.15, -0.1) is 0 Å². The second kappa shape index (κ2) is 9.56. The quantitative estimate of drug-likeness (QED) is 0.663. The molecule has 158 valence electrons. The topological polar surface area (TPSA) is 91.4 Å². The Labute approximate surface area is 181 Å². The number of ether oxygens (including phenoxy) is 1. The smallest absolute Gasteiger partial charge is 0.253 e. The maximum Gasteiger partial charge on any atom is 0.253 e. The minimum Gasteiger partial charge on any atom is -0.446 e. The molecule has 1 fully saturated rings. The molecule has 1 saturated heterocycles. The van der Waals surface area contributed by atoms with E-state index < -0.39 is 0 Å². The van der Waals surface area contributed by atoms with E-state index in [1.54, 1.807) is 12.1 Å². The molecule has 7 nitrogen and oxygen atoms in total. The molecule has 0 spiro atoms. The molecule has 1 amide bonds. The van der Waals surface area contributed by atoms with Crippen LogP contribution in [0.25, 0.3) is 22.6 Å². The number of nitrogens with zero attached hydrogens (tertiary/aromatic N) is 3. The van der Waals surface area contributed by atoms with E-state index in [-0.39, 0.29) is 11.7 Å². The number of rotatable bonds is 6. The SMILES string of the molecule is Cc1nc(-c2ccccc2)cc(-c2ccc(C#N)o2)c1C(=O)NCCN1CCOCC1. The Bertz CT molecular complexity index is 1100. The molecule has 31 heavy (non-hydrogen) atoms. The van der Waals surface area contributed by atoms with Crippen LogP contribution in [0.15, 0.2) is 52.9 Å². The number of aromatic nitrogens is 1. The van der Waals surface area contributed by atoms with Gasteiger partial charge in [-0.1, -0.05) is 30.3 Å². The van der Waals surface area contributed by atoms with Crippen LogP contribution >= 0.6 is 0 Å². The zero-order valence-electron chi connectivity index (χ0n) is 17.4. The van der Waals surface area contributed by atoms with Gasteiger partial charge in [-0.3, -0.25) is 14.7 Å². The number of morpholine rings is 1. The molecule has 3 aromatic rings. The number of carbonyl (C=O) groups is 1. The van der Waals surface area contributed by atoms with Crippen molar-refractivity contribution in [3.63, 3.8) is 0 Å². The number of amides is 1. The number of carbonyl (C=O) groups excluding carboxylic acids is 1. The Kier molecular flexibility index (Phi) is 6.41. The fourth-order valence-electron chi connectivity index (χ4n) is 3.69. The summed E-state index contributed by atoms with van der Waals surface area (Å²) in [5, 5.41) is 12.2. The molecule has 1 N–H and O–H groups in total. The van der Waals surface area contributed by atoms with Crippen molar-refractivity contribution in [1.29, 1.82) is 5.26 Å². The average molecular weight is 416 g/mol. The lowest BCUT2D eigenvalue weighted by Crippen LogP contribution is -2.41. The third kappa shape index (κ3) is 4.82. The van der Waals surface area contributed by atoms with Crippen molar-refractivity contribution >= 4 is 5.91 Å². The second-order valence-corrected chi connectivity index (χ2v) is 7.37. The Balaban J connectivity index is 1.63. The van der Waals surface area contributed by atoms with Gasteiger partial charge < -0.3 is 14.5 Å². The number of aryl methyl sites for hydroxylation is 1. The van der Waals surface area contributed by atoms with Crippen molar-refractivity contribution in [3.8, 4) is 28.7 Å². The summed E-state index contributed by atoms with van der Waals surface area (Å²) in [6.45, 7) is 6.30. The fraction of sp³-hybridized carbons (Fsp3) is 0.292. The Morgan fingerprint density at radius 1 is 1.19 bits per heavy atom. The molecule has 1 aromatic carbocycles. The molecule has 0 unspecified atom stereocenters. The molecule has 1 aliphatic rings. The van der Waals surface area contributed by atoms with Crippen molar-refractivity contribution < 1.29 is 13.9 Å². The molecule has 0 radical (unpaired) electrons. The highest BCUT2D eigenvalue weighted by atomic mass is 16.5. The van der Waals surface area contributed by atoms with E-state index in [0.717, 1.165) is 44.1 Å². The van der Waals surface area contributed by atoms with Gasteiger partial charge in [-0.2, -0.15) is 5.26 Å². The van der Waals surface area contributed by atoms with E-state index in [1.165, 1.54) is 0 Å². The van der Waals surface area contributed by atoms with Crippen LogP contribution in [0.1, 0.15) is 21.8 Å².